The molecule has 0 saturated carbocycles. The molecule has 2 heterocycles. The van der Waals surface area contributed by atoms with Gasteiger partial charge in [0, 0.05) is 12.6 Å². The second-order valence-electron chi connectivity index (χ2n) is 4.99. The highest BCUT2D eigenvalue weighted by Crippen LogP contribution is 2.16. The second kappa shape index (κ2) is 5.49. The maximum atomic E-state index is 12.1. The molecule has 2 fully saturated rings. The maximum Gasteiger partial charge on any atom is 0.242 e. The van der Waals surface area contributed by atoms with E-state index in [1.54, 1.807) is 0 Å². The monoisotopic (exact) mass is 239 g/mol. The van der Waals surface area contributed by atoms with E-state index in [-0.39, 0.29) is 29.8 Å². The minimum Gasteiger partial charge on any atom is -0.354 e. The molecule has 2 amide bonds. The zero-order valence-electron chi connectivity index (χ0n) is 10.3. The Morgan fingerprint density at radius 1 is 1.29 bits per heavy atom. The number of carbonyl (C=O) groups is 2. The number of hydrogen-bond acceptors (Lipinski definition) is 3. The maximum absolute atomic E-state index is 12.1. The molecule has 0 aromatic rings. The number of hydrogen-bond donors (Lipinski definition) is 3. The third-order valence-corrected chi connectivity index (χ3v) is 3.71. The largest absolute Gasteiger partial charge is 0.354 e. The number of nitrogens with one attached hydrogen (secondary N) is 3. The van der Waals surface area contributed by atoms with Crippen molar-refractivity contribution in [1.82, 2.24) is 16.0 Å². The van der Waals surface area contributed by atoms with Crippen LogP contribution in [0.3, 0.4) is 0 Å². The Morgan fingerprint density at radius 2 is 2.12 bits per heavy atom. The predicted octanol–water partition coefficient (Wildman–Crippen LogP) is -0.231. The summed E-state index contributed by atoms with van der Waals surface area (Å²) in [6.45, 7) is 3.63. The Balaban J connectivity index is 1.90. The van der Waals surface area contributed by atoms with Crippen molar-refractivity contribution in [2.75, 3.05) is 13.1 Å². The van der Waals surface area contributed by atoms with Crippen molar-refractivity contribution < 1.29 is 9.59 Å². The second-order valence-corrected chi connectivity index (χ2v) is 4.99. The summed E-state index contributed by atoms with van der Waals surface area (Å²) in [7, 11) is 0. The lowest BCUT2D eigenvalue weighted by Crippen LogP contribution is -2.48. The van der Waals surface area contributed by atoms with Gasteiger partial charge in [0.1, 0.15) is 6.04 Å². The fourth-order valence-corrected chi connectivity index (χ4v) is 2.57. The summed E-state index contributed by atoms with van der Waals surface area (Å²) >= 11 is 0. The highest BCUT2D eigenvalue weighted by Gasteiger charge is 2.32. The van der Waals surface area contributed by atoms with Crippen molar-refractivity contribution >= 4 is 11.8 Å². The Labute approximate surface area is 102 Å². The quantitative estimate of drug-likeness (QED) is 0.623. The molecule has 0 radical (unpaired) electrons. The lowest BCUT2D eigenvalue weighted by Gasteiger charge is -2.20. The van der Waals surface area contributed by atoms with Crippen molar-refractivity contribution in [3.8, 4) is 0 Å². The van der Waals surface area contributed by atoms with Crippen LogP contribution in [0, 0.1) is 5.92 Å². The van der Waals surface area contributed by atoms with Gasteiger partial charge in [-0.3, -0.25) is 9.59 Å². The van der Waals surface area contributed by atoms with Gasteiger partial charge in [0.2, 0.25) is 11.8 Å². The van der Waals surface area contributed by atoms with E-state index in [0.717, 1.165) is 38.8 Å². The molecule has 2 aliphatic rings. The standard InChI is InChI=1S/C12H21N3O2/c1-8-9(5-7-13-8)11(16)15-10-4-2-3-6-14-12(10)17/h8-10,13H,2-7H2,1H3,(H,14,17)(H,15,16). The van der Waals surface area contributed by atoms with Gasteiger partial charge in [0.05, 0.1) is 5.92 Å². The Hall–Kier alpha value is -1.10. The summed E-state index contributed by atoms with van der Waals surface area (Å²) in [5.74, 6) is -0.00920. The summed E-state index contributed by atoms with van der Waals surface area (Å²) in [6, 6.07) is -0.123. The number of carbonyl (C=O) groups excluding carboxylic acids is 2. The molecule has 3 N–H and O–H groups in total. The minimum absolute atomic E-state index is 0.00560. The van der Waals surface area contributed by atoms with Crippen molar-refractivity contribution in [1.29, 1.82) is 0 Å². The first-order chi connectivity index (χ1) is 8.18. The van der Waals surface area contributed by atoms with E-state index in [4.69, 9.17) is 0 Å². The van der Waals surface area contributed by atoms with Crippen molar-refractivity contribution in [3.63, 3.8) is 0 Å². The van der Waals surface area contributed by atoms with Crippen LogP contribution in [-0.4, -0.2) is 37.0 Å². The van der Waals surface area contributed by atoms with Gasteiger partial charge in [0.25, 0.3) is 0 Å². The first kappa shape index (κ1) is 12.4. The average molecular weight is 239 g/mol. The molecule has 2 aliphatic heterocycles. The van der Waals surface area contributed by atoms with Gasteiger partial charge in [-0.05, 0) is 39.2 Å². The van der Waals surface area contributed by atoms with Gasteiger partial charge < -0.3 is 16.0 Å². The highest BCUT2D eigenvalue weighted by molar-refractivity contribution is 5.88. The molecular formula is C12H21N3O2. The number of rotatable bonds is 2. The summed E-state index contributed by atoms with van der Waals surface area (Å²) in [4.78, 5) is 23.8. The van der Waals surface area contributed by atoms with Crippen LogP contribution in [0.2, 0.25) is 0 Å². The summed E-state index contributed by atoms with van der Waals surface area (Å²) in [6.07, 6.45) is 3.61. The van der Waals surface area contributed by atoms with E-state index in [1.807, 2.05) is 6.92 Å². The summed E-state index contributed by atoms with van der Waals surface area (Å²) in [5, 5.41) is 8.97. The predicted molar refractivity (Wildman–Crippen MR) is 64.4 cm³/mol. The van der Waals surface area contributed by atoms with E-state index in [0.29, 0.717) is 0 Å². The van der Waals surface area contributed by atoms with E-state index in [1.165, 1.54) is 0 Å². The van der Waals surface area contributed by atoms with Crippen LogP contribution in [0.15, 0.2) is 0 Å². The van der Waals surface area contributed by atoms with Gasteiger partial charge >= 0.3 is 0 Å². The normalized spacial score (nSPS) is 33.9. The Kier molecular flexibility index (Phi) is 3.99. The molecular weight excluding hydrogens is 218 g/mol. The molecule has 2 rings (SSSR count). The first-order valence-corrected chi connectivity index (χ1v) is 6.50. The molecule has 0 spiro atoms. The fraction of sp³-hybridized carbons (Fsp3) is 0.833. The van der Waals surface area contributed by atoms with Crippen LogP contribution >= 0.6 is 0 Å². The molecule has 2 saturated heterocycles. The topological polar surface area (TPSA) is 70.2 Å². The molecule has 3 atom stereocenters. The zero-order valence-corrected chi connectivity index (χ0v) is 10.3. The molecule has 3 unspecified atom stereocenters. The van der Waals surface area contributed by atoms with Crippen molar-refractivity contribution in [3.05, 3.63) is 0 Å². The fourth-order valence-electron chi connectivity index (χ4n) is 2.57. The minimum atomic E-state index is -0.335. The van der Waals surface area contributed by atoms with Crippen LogP contribution in [0.5, 0.6) is 0 Å². The van der Waals surface area contributed by atoms with Crippen LogP contribution in [0.25, 0.3) is 0 Å². The smallest absolute Gasteiger partial charge is 0.242 e. The average Bonchev–Trinajstić information content (AvgIpc) is 2.63. The van der Waals surface area contributed by atoms with Gasteiger partial charge in [-0.2, -0.15) is 0 Å². The third-order valence-electron chi connectivity index (χ3n) is 3.71. The molecule has 5 nitrogen and oxygen atoms in total. The summed E-state index contributed by atoms with van der Waals surface area (Å²) in [5.41, 5.74) is 0. The highest BCUT2D eigenvalue weighted by atomic mass is 16.2. The van der Waals surface area contributed by atoms with Crippen LogP contribution < -0.4 is 16.0 Å². The van der Waals surface area contributed by atoms with E-state index in [9.17, 15) is 9.59 Å². The molecule has 96 valence electrons. The van der Waals surface area contributed by atoms with E-state index >= 15 is 0 Å². The summed E-state index contributed by atoms with van der Waals surface area (Å²) < 4.78 is 0. The van der Waals surface area contributed by atoms with Crippen LogP contribution in [0.4, 0.5) is 0 Å². The van der Waals surface area contributed by atoms with Crippen LogP contribution in [0.1, 0.15) is 32.6 Å². The van der Waals surface area contributed by atoms with Crippen molar-refractivity contribution in [2.45, 2.75) is 44.7 Å². The van der Waals surface area contributed by atoms with Gasteiger partial charge in [-0.25, -0.2) is 0 Å². The Bertz CT molecular complexity index is 306. The molecule has 0 bridgehead atoms. The molecule has 0 aliphatic carbocycles. The van der Waals surface area contributed by atoms with Crippen molar-refractivity contribution in [2.24, 2.45) is 5.92 Å². The first-order valence-electron chi connectivity index (χ1n) is 6.50. The van der Waals surface area contributed by atoms with E-state index < -0.39 is 0 Å². The van der Waals surface area contributed by atoms with Crippen LogP contribution in [-0.2, 0) is 9.59 Å². The van der Waals surface area contributed by atoms with Gasteiger partial charge in [-0.1, -0.05) is 0 Å². The molecule has 0 aromatic heterocycles. The van der Waals surface area contributed by atoms with E-state index in [2.05, 4.69) is 16.0 Å². The third kappa shape index (κ3) is 2.97. The SMILES string of the molecule is CC1NCCC1C(=O)NC1CCCCNC1=O. The molecule has 17 heavy (non-hydrogen) atoms. The Morgan fingerprint density at radius 3 is 2.82 bits per heavy atom. The zero-order chi connectivity index (χ0) is 12.3. The van der Waals surface area contributed by atoms with Gasteiger partial charge in [0.15, 0.2) is 0 Å². The molecule has 0 aromatic carbocycles. The van der Waals surface area contributed by atoms with Gasteiger partial charge in [-0.15, -0.1) is 0 Å². The number of amides is 2. The molecule has 5 heteroatoms. The lowest BCUT2D eigenvalue weighted by molar-refractivity contribution is -0.131. The lowest BCUT2D eigenvalue weighted by atomic mass is 10.00.